The number of rotatable bonds is 0. The van der Waals surface area contributed by atoms with Gasteiger partial charge in [-0.1, -0.05) is 18.2 Å². The van der Waals surface area contributed by atoms with Crippen LogP contribution in [0.4, 0.5) is 5.69 Å². The monoisotopic (exact) mass is 222 g/mol. The normalized spacial score (nSPS) is 23.3. The fourth-order valence-corrected chi connectivity index (χ4v) is 2.47. The summed E-state index contributed by atoms with van der Waals surface area (Å²) < 4.78 is 5.12. The number of nitrogens with one attached hydrogen (secondary N) is 1. The van der Waals surface area contributed by atoms with Crippen molar-refractivity contribution >= 4 is 17.7 Å². The Morgan fingerprint density at radius 1 is 1.24 bits per heavy atom. The highest BCUT2D eigenvalue weighted by Gasteiger charge is 2.28. The number of fused-ring (bicyclic) bond motifs is 4. The molecule has 0 saturated carbocycles. The first-order valence-corrected chi connectivity index (χ1v) is 5.60. The maximum atomic E-state index is 5.12. The van der Waals surface area contributed by atoms with Crippen LogP contribution in [0.25, 0.3) is 5.57 Å². The Hall–Kier alpha value is -2.29. The minimum Gasteiger partial charge on any atom is -0.453 e. The van der Waals surface area contributed by atoms with Crippen molar-refractivity contribution in [1.82, 2.24) is 0 Å². The van der Waals surface area contributed by atoms with Gasteiger partial charge in [-0.15, -0.1) is 0 Å². The van der Waals surface area contributed by atoms with Crippen molar-refractivity contribution in [3.8, 4) is 0 Å². The number of benzene rings is 1. The summed E-state index contributed by atoms with van der Waals surface area (Å²) >= 11 is 0. The van der Waals surface area contributed by atoms with E-state index >= 15 is 0 Å². The largest absolute Gasteiger partial charge is 0.453 e. The van der Waals surface area contributed by atoms with Crippen LogP contribution in [0.15, 0.2) is 58.9 Å². The molecular weight excluding hydrogens is 212 g/mol. The number of para-hydroxylation sites is 1. The third-order valence-electron chi connectivity index (χ3n) is 3.26. The molecule has 3 aliphatic rings. The summed E-state index contributed by atoms with van der Waals surface area (Å²) in [7, 11) is 0. The second-order valence-electron chi connectivity index (χ2n) is 4.26. The molecule has 17 heavy (non-hydrogen) atoms. The molecule has 3 nitrogen and oxygen atoms in total. The zero-order valence-electron chi connectivity index (χ0n) is 9.05. The summed E-state index contributed by atoms with van der Waals surface area (Å²) in [4.78, 5) is 4.24. The van der Waals surface area contributed by atoms with E-state index in [1.165, 1.54) is 23.2 Å². The van der Waals surface area contributed by atoms with Crippen LogP contribution in [0, 0.1) is 0 Å². The van der Waals surface area contributed by atoms with Gasteiger partial charge in [0.1, 0.15) is 6.26 Å². The molecule has 0 aromatic heterocycles. The van der Waals surface area contributed by atoms with E-state index in [2.05, 4.69) is 40.7 Å². The molecule has 1 atom stereocenters. The molecule has 1 aliphatic carbocycles. The van der Waals surface area contributed by atoms with E-state index in [9.17, 15) is 0 Å². The Labute approximate surface area is 98.8 Å². The van der Waals surface area contributed by atoms with Crippen LogP contribution in [0.2, 0.25) is 0 Å². The summed E-state index contributed by atoms with van der Waals surface area (Å²) in [6.07, 6.45) is 7.49. The number of anilines is 1. The average Bonchev–Trinajstić information content (AvgIpc) is 2.73. The number of nitrogens with zero attached hydrogens (tertiary/aromatic N) is 1. The van der Waals surface area contributed by atoms with E-state index in [0.717, 1.165) is 11.3 Å². The average molecular weight is 222 g/mol. The summed E-state index contributed by atoms with van der Waals surface area (Å²) in [5.41, 5.74) is 5.76. The molecule has 4 rings (SSSR count). The van der Waals surface area contributed by atoms with Gasteiger partial charge in [0.25, 0.3) is 0 Å². The Morgan fingerprint density at radius 3 is 3.18 bits per heavy atom. The topological polar surface area (TPSA) is 33.6 Å². The zero-order chi connectivity index (χ0) is 11.2. The Balaban J connectivity index is 1.88. The molecule has 0 saturated heterocycles. The van der Waals surface area contributed by atoms with Crippen LogP contribution in [-0.4, -0.2) is 12.4 Å². The van der Waals surface area contributed by atoms with Gasteiger partial charge in [0.05, 0.1) is 11.7 Å². The van der Waals surface area contributed by atoms with Gasteiger partial charge < -0.3 is 10.1 Å². The van der Waals surface area contributed by atoms with Crippen molar-refractivity contribution in [2.45, 2.75) is 6.04 Å². The van der Waals surface area contributed by atoms with Gasteiger partial charge in [-0.25, -0.2) is 4.99 Å². The third-order valence-corrected chi connectivity index (χ3v) is 3.26. The first-order chi connectivity index (χ1) is 8.42. The summed E-state index contributed by atoms with van der Waals surface area (Å²) in [5.74, 6) is 0. The zero-order valence-corrected chi connectivity index (χ0v) is 9.05. The molecule has 0 bridgehead atoms. The van der Waals surface area contributed by atoms with Crippen LogP contribution < -0.4 is 5.32 Å². The number of hydrogen-bond acceptors (Lipinski definition) is 3. The van der Waals surface area contributed by atoms with Gasteiger partial charge in [-0.05, 0) is 23.8 Å². The summed E-state index contributed by atoms with van der Waals surface area (Å²) in [6.45, 7) is 0. The third kappa shape index (κ3) is 1.19. The Morgan fingerprint density at radius 2 is 2.18 bits per heavy atom. The molecule has 0 spiro atoms. The molecule has 82 valence electrons. The highest BCUT2D eigenvalue weighted by molar-refractivity contribution is 5.91. The van der Waals surface area contributed by atoms with Gasteiger partial charge in [-0.2, -0.15) is 0 Å². The van der Waals surface area contributed by atoms with Crippen LogP contribution in [0.3, 0.4) is 0 Å². The van der Waals surface area contributed by atoms with Gasteiger partial charge in [0.2, 0.25) is 0 Å². The standard InChI is InChI=1S/C14H10N2O/c1-2-4-12-10(3-1)11-5-9-7-17-8-15-13(9)6-14(11)16-12/h1-8,14,16H. The Kier molecular flexibility index (Phi) is 1.61. The SMILES string of the molecule is C1=NC2=CC3Nc4ccccc4C3=CC2=CO1. The molecule has 0 amide bonds. The smallest absolute Gasteiger partial charge is 0.180 e. The number of ether oxygens (including phenoxy) is 1. The molecule has 1 aromatic carbocycles. The molecule has 1 unspecified atom stereocenters. The highest BCUT2D eigenvalue weighted by Crippen LogP contribution is 2.40. The molecule has 0 radical (unpaired) electrons. The predicted octanol–water partition coefficient (Wildman–Crippen LogP) is 2.70. The minimum atomic E-state index is 0.231. The Bertz CT molecular complexity index is 623. The van der Waals surface area contributed by atoms with Crippen molar-refractivity contribution < 1.29 is 4.74 Å². The molecule has 0 fully saturated rings. The number of allylic oxidation sites excluding steroid dienone is 1. The fraction of sp³-hybridized carbons (Fsp3) is 0.0714. The lowest BCUT2D eigenvalue weighted by atomic mass is 9.93. The van der Waals surface area contributed by atoms with Gasteiger partial charge in [0.15, 0.2) is 6.40 Å². The lowest BCUT2D eigenvalue weighted by molar-refractivity contribution is 0.482. The number of hydrogen-bond donors (Lipinski definition) is 1. The quantitative estimate of drug-likeness (QED) is 0.732. The van der Waals surface area contributed by atoms with Gasteiger partial charge in [0, 0.05) is 16.8 Å². The lowest BCUT2D eigenvalue weighted by Gasteiger charge is -2.18. The molecular formula is C14H10N2O. The molecule has 2 heterocycles. The minimum absolute atomic E-state index is 0.231. The van der Waals surface area contributed by atoms with E-state index in [1.54, 1.807) is 6.26 Å². The van der Waals surface area contributed by atoms with E-state index in [1.807, 2.05) is 6.07 Å². The van der Waals surface area contributed by atoms with E-state index in [-0.39, 0.29) is 6.04 Å². The molecule has 3 heteroatoms. The van der Waals surface area contributed by atoms with Crippen molar-refractivity contribution in [3.05, 3.63) is 59.5 Å². The summed E-state index contributed by atoms with van der Waals surface area (Å²) in [6, 6.07) is 8.58. The van der Waals surface area contributed by atoms with Crippen LogP contribution in [0.5, 0.6) is 0 Å². The number of aliphatic imine (C=N–C) groups is 1. The van der Waals surface area contributed by atoms with Crippen LogP contribution in [-0.2, 0) is 4.74 Å². The lowest BCUT2D eigenvalue weighted by Crippen LogP contribution is -2.16. The summed E-state index contributed by atoms with van der Waals surface area (Å²) in [5, 5.41) is 3.48. The first-order valence-electron chi connectivity index (χ1n) is 5.60. The molecule has 2 aliphatic heterocycles. The van der Waals surface area contributed by atoms with Crippen LogP contribution in [0.1, 0.15) is 5.56 Å². The van der Waals surface area contributed by atoms with Crippen molar-refractivity contribution in [2.75, 3.05) is 5.32 Å². The molecule has 1 N–H and O–H groups in total. The van der Waals surface area contributed by atoms with Gasteiger partial charge in [-0.3, -0.25) is 0 Å². The second kappa shape index (κ2) is 3.10. The molecule has 1 aromatic rings. The maximum Gasteiger partial charge on any atom is 0.180 e. The van der Waals surface area contributed by atoms with Crippen molar-refractivity contribution in [2.24, 2.45) is 4.99 Å². The second-order valence-corrected chi connectivity index (χ2v) is 4.26. The maximum absolute atomic E-state index is 5.12. The van der Waals surface area contributed by atoms with E-state index in [4.69, 9.17) is 4.74 Å². The van der Waals surface area contributed by atoms with Crippen molar-refractivity contribution in [1.29, 1.82) is 0 Å². The fourth-order valence-electron chi connectivity index (χ4n) is 2.47. The van der Waals surface area contributed by atoms with Crippen LogP contribution >= 0.6 is 0 Å². The first kappa shape index (κ1) is 8.82. The highest BCUT2D eigenvalue weighted by atomic mass is 16.5. The predicted molar refractivity (Wildman–Crippen MR) is 67.6 cm³/mol. The van der Waals surface area contributed by atoms with Gasteiger partial charge >= 0.3 is 0 Å². The van der Waals surface area contributed by atoms with E-state index in [0.29, 0.717) is 0 Å². The van der Waals surface area contributed by atoms with Crippen molar-refractivity contribution in [3.63, 3.8) is 0 Å². The van der Waals surface area contributed by atoms with E-state index < -0.39 is 0 Å².